The van der Waals surface area contributed by atoms with Crippen LogP contribution in [0.3, 0.4) is 0 Å². The van der Waals surface area contributed by atoms with Gasteiger partial charge in [-0.15, -0.1) is 0 Å². The van der Waals surface area contributed by atoms with Gasteiger partial charge in [0, 0.05) is 10.7 Å². The molecule has 0 atom stereocenters. The normalized spacial score (nSPS) is 10.8. The summed E-state index contributed by atoms with van der Waals surface area (Å²) in [5, 5.41) is 0. The average molecular weight is 600 g/mol. The van der Waals surface area contributed by atoms with Gasteiger partial charge >= 0.3 is 5.97 Å². The van der Waals surface area contributed by atoms with Crippen molar-refractivity contribution in [3.63, 3.8) is 0 Å². The van der Waals surface area contributed by atoms with Gasteiger partial charge in [-0.3, -0.25) is 0 Å². The summed E-state index contributed by atoms with van der Waals surface area (Å²) in [5.74, 6) is -0.215. The highest BCUT2D eigenvalue weighted by molar-refractivity contribution is 14.1. The molecule has 0 aliphatic carbocycles. The van der Waals surface area contributed by atoms with Gasteiger partial charge in [-0.1, -0.05) is 0 Å². The molecule has 0 fully saturated rings. The summed E-state index contributed by atoms with van der Waals surface area (Å²) in [5.41, 5.74) is 0.673. The van der Waals surface area contributed by atoms with Crippen molar-refractivity contribution in [1.82, 2.24) is 0 Å². The van der Waals surface area contributed by atoms with E-state index in [1.165, 1.54) is 4.90 Å². The lowest BCUT2D eigenvalue weighted by atomic mass is 10.2. The van der Waals surface area contributed by atoms with E-state index in [4.69, 9.17) is 4.74 Å². The van der Waals surface area contributed by atoms with Gasteiger partial charge in [0.2, 0.25) is 0 Å². The molecule has 0 saturated heterocycles. The highest BCUT2D eigenvalue weighted by Gasteiger charge is 2.15. The van der Waals surface area contributed by atoms with Crippen LogP contribution >= 0.6 is 67.8 Å². The lowest BCUT2D eigenvalue weighted by Crippen LogP contribution is -3.11. The molecule has 3 nitrogen and oxygen atoms in total. The quantitative estimate of drug-likeness (QED) is 0.310. The van der Waals surface area contributed by atoms with Crippen LogP contribution in [-0.4, -0.2) is 32.2 Å². The highest BCUT2D eigenvalue weighted by atomic mass is 127. The third kappa shape index (κ3) is 5.62. The highest BCUT2D eigenvalue weighted by Crippen LogP contribution is 2.23. The van der Waals surface area contributed by atoms with E-state index in [2.05, 4.69) is 87.7 Å². The number of nitrogens with one attached hydrogen (secondary N) is 1. The molecular formula is C13H17I3NO2+. The van der Waals surface area contributed by atoms with Crippen molar-refractivity contribution >= 4 is 73.7 Å². The number of hydrogen-bond donors (Lipinski definition) is 1. The molecule has 0 unspecified atom stereocenters. The summed E-state index contributed by atoms with van der Waals surface area (Å²) in [4.78, 5) is 13.5. The molecule has 0 radical (unpaired) electrons. The first-order chi connectivity index (χ1) is 8.99. The number of hydrogen-bond acceptors (Lipinski definition) is 2. The monoisotopic (exact) mass is 600 g/mol. The maximum atomic E-state index is 12.1. The van der Waals surface area contributed by atoms with Gasteiger partial charge in [0.05, 0.1) is 18.7 Å². The van der Waals surface area contributed by atoms with E-state index in [-0.39, 0.29) is 5.97 Å². The van der Waals surface area contributed by atoms with Gasteiger partial charge < -0.3 is 9.64 Å². The smallest absolute Gasteiger partial charge is 0.339 e. The Morgan fingerprint density at radius 1 is 1.21 bits per heavy atom. The minimum atomic E-state index is -0.215. The second-order valence-corrected chi connectivity index (χ2v) is 7.58. The summed E-state index contributed by atoms with van der Waals surface area (Å²) in [6.07, 6.45) is 0. The zero-order chi connectivity index (χ0) is 14.4. The molecule has 0 aliphatic rings. The molecule has 0 heterocycles. The van der Waals surface area contributed by atoms with Gasteiger partial charge in [-0.25, -0.2) is 4.79 Å². The predicted octanol–water partition coefficient (Wildman–Crippen LogP) is 2.58. The molecule has 0 bridgehead atoms. The number of rotatable bonds is 6. The molecule has 1 aromatic carbocycles. The molecule has 1 aromatic rings. The number of carbonyl (C=O) groups is 1. The Bertz CT molecular complexity index is 448. The number of ether oxygens (including phenoxy) is 1. The fourth-order valence-electron chi connectivity index (χ4n) is 1.67. The molecule has 1 rings (SSSR count). The Hall–Kier alpha value is 0.840. The third-order valence-corrected chi connectivity index (χ3v) is 6.57. The van der Waals surface area contributed by atoms with Crippen molar-refractivity contribution in [2.45, 2.75) is 13.8 Å². The molecule has 0 aliphatic heterocycles. The Morgan fingerprint density at radius 3 is 2.42 bits per heavy atom. The van der Waals surface area contributed by atoms with Crippen LogP contribution in [0, 0.1) is 10.7 Å². The van der Waals surface area contributed by atoms with Crippen LogP contribution in [0.2, 0.25) is 0 Å². The van der Waals surface area contributed by atoms with E-state index in [0.29, 0.717) is 12.2 Å². The van der Waals surface area contributed by atoms with Crippen molar-refractivity contribution in [2.75, 3.05) is 26.2 Å². The van der Waals surface area contributed by atoms with Gasteiger partial charge in [0.25, 0.3) is 0 Å². The summed E-state index contributed by atoms with van der Waals surface area (Å²) >= 11 is 6.67. The second kappa shape index (κ2) is 8.98. The molecule has 19 heavy (non-hydrogen) atoms. The Kier molecular flexibility index (Phi) is 8.46. The molecular weight excluding hydrogens is 583 g/mol. The van der Waals surface area contributed by atoms with Gasteiger partial charge in [-0.05, 0) is 93.8 Å². The van der Waals surface area contributed by atoms with Gasteiger partial charge in [0.1, 0.15) is 13.2 Å². The van der Waals surface area contributed by atoms with E-state index in [1.807, 2.05) is 6.07 Å². The summed E-state index contributed by atoms with van der Waals surface area (Å²) < 4.78 is 8.50. The standard InChI is InChI=1S/C13H16I3NO2/c1-3-17(4-2)5-6-19-13(18)10-7-9(14)8-11(15)12(10)16/h7-8H,3-6H2,1-2H3/p+1. The first-order valence-electron chi connectivity index (χ1n) is 6.14. The molecule has 0 aromatic heterocycles. The second-order valence-electron chi connectivity index (χ2n) is 4.09. The maximum Gasteiger partial charge on any atom is 0.339 e. The largest absolute Gasteiger partial charge is 0.456 e. The zero-order valence-electron chi connectivity index (χ0n) is 10.9. The minimum Gasteiger partial charge on any atom is -0.456 e. The van der Waals surface area contributed by atoms with E-state index in [1.54, 1.807) is 0 Å². The van der Waals surface area contributed by atoms with Gasteiger partial charge in [-0.2, -0.15) is 0 Å². The average Bonchev–Trinajstić information content (AvgIpc) is 2.38. The fraction of sp³-hybridized carbons (Fsp3) is 0.462. The fourth-order valence-corrected chi connectivity index (χ4v) is 4.05. The van der Waals surface area contributed by atoms with Crippen LogP contribution in [-0.2, 0) is 4.74 Å². The van der Waals surface area contributed by atoms with Crippen molar-refractivity contribution in [1.29, 1.82) is 0 Å². The van der Waals surface area contributed by atoms with Crippen LogP contribution in [0.4, 0.5) is 0 Å². The lowest BCUT2D eigenvalue weighted by molar-refractivity contribution is -0.896. The summed E-state index contributed by atoms with van der Waals surface area (Å²) in [6, 6.07) is 3.94. The first kappa shape index (κ1) is 17.9. The Balaban J connectivity index is 2.64. The number of esters is 1. The number of quaternary nitrogens is 1. The molecule has 1 N–H and O–H groups in total. The van der Waals surface area contributed by atoms with Crippen molar-refractivity contribution in [2.24, 2.45) is 0 Å². The molecule has 0 amide bonds. The van der Waals surface area contributed by atoms with E-state index >= 15 is 0 Å². The molecule has 106 valence electrons. The van der Waals surface area contributed by atoms with Crippen LogP contribution in [0.1, 0.15) is 24.2 Å². The topological polar surface area (TPSA) is 30.7 Å². The van der Waals surface area contributed by atoms with E-state index < -0.39 is 0 Å². The number of halogens is 3. The summed E-state index contributed by atoms with van der Waals surface area (Å²) in [6.45, 7) is 7.76. The zero-order valence-corrected chi connectivity index (χ0v) is 17.4. The van der Waals surface area contributed by atoms with Crippen LogP contribution in [0.15, 0.2) is 12.1 Å². The van der Waals surface area contributed by atoms with Crippen molar-refractivity contribution in [3.8, 4) is 0 Å². The lowest BCUT2D eigenvalue weighted by Gasteiger charge is -2.15. The maximum absolute atomic E-state index is 12.1. The van der Waals surface area contributed by atoms with Gasteiger partial charge in [0.15, 0.2) is 0 Å². The van der Waals surface area contributed by atoms with Crippen LogP contribution < -0.4 is 4.90 Å². The van der Waals surface area contributed by atoms with E-state index in [0.717, 1.165) is 30.3 Å². The molecule has 0 spiro atoms. The number of likely N-dealkylation sites (N-methyl/N-ethyl adjacent to an activating group) is 1. The number of carbonyl (C=O) groups excluding carboxylic acids is 1. The van der Waals surface area contributed by atoms with Crippen LogP contribution in [0.25, 0.3) is 0 Å². The van der Waals surface area contributed by atoms with Crippen LogP contribution in [0.5, 0.6) is 0 Å². The molecule has 0 saturated carbocycles. The summed E-state index contributed by atoms with van der Waals surface area (Å²) in [7, 11) is 0. The number of benzene rings is 1. The molecule has 6 heteroatoms. The Morgan fingerprint density at radius 2 is 1.84 bits per heavy atom. The SMILES string of the molecule is CC[NH+](CC)CCOC(=O)c1cc(I)cc(I)c1I. The van der Waals surface area contributed by atoms with E-state index in [9.17, 15) is 4.79 Å². The third-order valence-electron chi connectivity index (χ3n) is 2.90. The first-order valence-corrected chi connectivity index (χ1v) is 9.38. The predicted molar refractivity (Wildman–Crippen MR) is 102 cm³/mol. The minimum absolute atomic E-state index is 0.215. The van der Waals surface area contributed by atoms with Crippen molar-refractivity contribution in [3.05, 3.63) is 28.4 Å². The Labute approximate surface area is 155 Å². The van der Waals surface area contributed by atoms with Crippen molar-refractivity contribution < 1.29 is 14.4 Å².